The molecule has 0 radical (unpaired) electrons. The van der Waals surface area contributed by atoms with Gasteiger partial charge in [-0.05, 0) is 69.3 Å². The Bertz CT molecular complexity index is 1410. The number of ketones is 1. The molecule has 9 rings (SSSR count). The summed E-state index contributed by atoms with van der Waals surface area (Å²) in [6, 6.07) is 1.84. The van der Waals surface area contributed by atoms with Gasteiger partial charge in [-0.25, -0.2) is 4.79 Å². The number of furan rings is 1. The third-order valence-electron chi connectivity index (χ3n) is 14.8. The molecule has 8 aliphatic rings. The van der Waals surface area contributed by atoms with E-state index in [9.17, 15) is 14.7 Å². The number of hydrogen-bond acceptors (Lipinski definition) is 9. The van der Waals surface area contributed by atoms with Gasteiger partial charge in [0.1, 0.15) is 24.4 Å². The summed E-state index contributed by atoms with van der Waals surface area (Å²) in [6.45, 7) is 4.33. The molecule has 0 aromatic carbocycles. The molecule has 244 valence electrons. The summed E-state index contributed by atoms with van der Waals surface area (Å²) < 4.78 is 31.6. The van der Waals surface area contributed by atoms with Crippen LogP contribution < -0.4 is 0 Å². The first-order valence-electron chi connectivity index (χ1n) is 17.6. The Labute approximate surface area is 264 Å². The molecule has 4 saturated heterocycles. The van der Waals surface area contributed by atoms with Crippen LogP contribution in [0.2, 0.25) is 0 Å². The highest BCUT2D eigenvalue weighted by Gasteiger charge is 2.93. The maximum Gasteiger partial charge on any atom is 0.339 e. The molecule has 11 atom stereocenters. The zero-order valence-electron chi connectivity index (χ0n) is 26.5. The Morgan fingerprint density at radius 1 is 0.867 bits per heavy atom. The largest absolute Gasteiger partial charge is 0.472 e. The fourth-order valence-electron chi connectivity index (χ4n) is 13.2. The Morgan fingerprint density at radius 3 is 2.27 bits per heavy atom. The molecule has 5 heterocycles. The molecule has 1 N–H and O–H groups in total. The van der Waals surface area contributed by atoms with E-state index in [1.165, 1.54) is 6.42 Å². The van der Waals surface area contributed by atoms with Gasteiger partial charge in [-0.3, -0.25) is 9.59 Å². The molecule has 9 nitrogen and oxygen atoms in total. The maximum atomic E-state index is 15.4. The van der Waals surface area contributed by atoms with Crippen molar-refractivity contribution in [3.63, 3.8) is 0 Å². The highest BCUT2D eigenvalue weighted by Crippen LogP contribution is 2.82. The van der Waals surface area contributed by atoms with Gasteiger partial charge in [0.15, 0.2) is 11.9 Å². The Hall–Kier alpha value is -2.23. The topological polar surface area (TPSA) is 125 Å². The molecule has 8 fully saturated rings. The van der Waals surface area contributed by atoms with Crippen LogP contribution in [0, 0.1) is 39.9 Å². The second-order valence-electron chi connectivity index (χ2n) is 16.2. The SMILES string of the molecule is C[C@@]12CCC3[C@@]45COC(=O)C[C@@H]4O[C@](C)(C4CCCCC4)[C@H]5C(=O)[C@@H](O)[C@@]3(C3CCCCC3)[C@@]13O[C@@H]3C(=O)O[C@H]2c1ccoc1. The van der Waals surface area contributed by atoms with Crippen LogP contribution in [0.4, 0.5) is 0 Å². The quantitative estimate of drug-likeness (QED) is 0.356. The van der Waals surface area contributed by atoms with E-state index in [4.69, 9.17) is 23.4 Å². The lowest BCUT2D eigenvalue weighted by Crippen LogP contribution is -2.79. The predicted octanol–water partition coefficient (Wildman–Crippen LogP) is 5.23. The minimum Gasteiger partial charge on any atom is -0.472 e. The highest BCUT2D eigenvalue weighted by atomic mass is 16.7. The second kappa shape index (κ2) is 9.44. The van der Waals surface area contributed by atoms with Crippen LogP contribution in [0.25, 0.3) is 0 Å². The minimum atomic E-state index is -1.33. The summed E-state index contributed by atoms with van der Waals surface area (Å²) in [4.78, 5) is 42.2. The van der Waals surface area contributed by atoms with E-state index in [1.807, 2.05) is 6.07 Å². The lowest BCUT2D eigenvalue weighted by atomic mass is 9.32. The van der Waals surface area contributed by atoms with E-state index in [0.29, 0.717) is 12.8 Å². The van der Waals surface area contributed by atoms with Crippen molar-refractivity contribution in [2.24, 2.45) is 39.9 Å². The monoisotopic (exact) mass is 622 g/mol. The number of rotatable bonds is 3. The smallest absolute Gasteiger partial charge is 0.339 e. The van der Waals surface area contributed by atoms with E-state index in [2.05, 4.69) is 13.8 Å². The van der Waals surface area contributed by atoms with Crippen molar-refractivity contribution in [2.45, 2.75) is 133 Å². The Kier molecular flexibility index (Phi) is 6.07. The lowest BCUT2D eigenvalue weighted by Gasteiger charge is -2.70. The number of ether oxygens (including phenoxy) is 4. The van der Waals surface area contributed by atoms with Crippen LogP contribution in [0.15, 0.2) is 23.0 Å². The van der Waals surface area contributed by atoms with Crippen LogP contribution in [0.5, 0.6) is 0 Å². The number of aliphatic hydroxyl groups excluding tert-OH is 1. The van der Waals surface area contributed by atoms with Gasteiger partial charge in [0.2, 0.25) is 0 Å². The first kappa shape index (κ1) is 29.0. The minimum absolute atomic E-state index is 0.0362. The number of esters is 2. The van der Waals surface area contributed by atoms with Crippen LogP contribution in [-0.2, 0) is 33.3 Å². The summed E-state index contributed by atoms with van der Waals surface area (Å²) in [5, 5.41) is 13.0. The van der Waals surface area contributed by atoms with E-state index in [1.54, 1.807) is 12.5 Å². The summed E-state index contributed by atoms with van der Waals surface area (Å²) in [6.07, 6.45) is 11.5. The molecular formula is C36H46O9. The average molecular weight is 623 g/mol. The number of hydrogen-bond donors (Lipinski definition) is 1. The third kappa shape index (κ3) is 3.24. The van der Waals surface area contributed by atoms with Gasteiger partial charge in [0.05, 0.1) is 36.6 Å². The molecule has 1 aromatic rings. The molecule has 1 unspecified atom stereocenters. The summed E-state index contributed by atoms with van der Waals surface area (Å²) in [7, 11) is 0. The molecule has 2 spiro atoms. The van der Waals surface area contributed by atoms with Gasteiger partial charge in [0.25, 0.3) is 0 Å². The van der Waals surface area contributed by atoms with Gasteiger partial charge >= 0.3 is 11.9 Å². The van der Waals surface area contributed by atoms with Crippen molar-refractivity contribution in [2.75, 3.05) is 6.61 Å². The number of cyclic esters (lactones) is 2. The van der Waals surface area contributed by atoms with Gasteiger partial charge in [-0.1, -0.05) is 45.4 Å². The van der Waals surface area contributed by atoms with Crippen molar-refractivity contribution < 1.29 is 42.9 Å². The third-order valence-corrected chi connectivity index (χ3v) is 14.8. The average Bonchev–Trinajstić information content (AvgIpc) is 3.47. The van der Waals surface area contributed by atoms with E-state index in [-0.39, 0.29) is 42.5 Å². The number of Topliss-reactive ketones (excluding diaryl/α,β-unsaturated/α-hetero) is 1. The predicted molar refractivity (Wildman–Crippen MR) is 157 cm³/mol. The number of carbonyl (C=O) groups excluding carboxylic acids is 3. The molecule has 45 heavy (non-hydrogen) atoms. The molecule has 4 saturated carbocycles. The zero-order valence-corrected chi connectivity index (χ0v) is 26.5. The van der Waals surface area contributed by atoms with Crippen molar-refractivity contribution in [3.05, 3.63) is 24.2 Å². The van der Waals surface area contributed by atoms with Crippen LogP contribution in [-0.4, -0.2) is 58.9 Å². The van der Waals surface area contributed by atoms with Crippen LogP contribution >= 0.6 is 0 Å². The summed E-state index contributed by atoms with van der Waals surface area (Å²) in [5.41, 5.74) is -3.70. The van der Waals surface area contributed by atoms with Gasteiger partial charge < -0.3 is 28.5 Å². The van der Waals surface area contributed by atoms with Crippen molar-refractivity contribution >= 4 is 17.7 Å². The molecule has 4 aliphatic heterocycles. The number of fused-ring (bicyclic) bond motifs is 1. The highest BCUT2D eigenvalue weighted by molar-refractivity contribution is 5.92. The first-order chi connectivity index (χ1) is 21.7. The zero-order chi connectivity index (χ0) is 31.0. The van der Waals surface area contributed by atoms with Crippen LogP contribution in [0.3, 0.4) is 0 Å². The Balaban J connectivity index is 1.28. The standard InChI is InChI=1S/C36H46O9/c1-32-15-13-23-34-19-42-25(37)17-24(34)44-33(2,21-9-5-3-6-10-21)27(34)26(38)28(39)35(23,22-11-7-4-8-12-22)36(32)30(45-36)31(40)43-29(32)20-14-16-41-18-20/h14,16,18,21-24,27-30,39H,3-13,15,17,19H2,1-2H3/t23?,24-,27+,28+,29-,30+,32-,33+,34-,35-,36-/m0/s1. The number of epoxide rings is 1. The Morgan fingerprint density at radius 2 is 1.58 bits per heavy atom. The molecule has 0 amide bonds. The summed E-state index contributed by atoms with van der Waals surface area (Å²) in [5.74, 6) is -1.62. The molecule has 0 bridgehead atoms. The fraction of sp³-hybridized carbons (Fsp3) is 0.806. The lowest BCUT2D eigenvalue weighted by molar-refractivity contribution is -0.275. The van der Waals surface area contributed by atoms with E-state index < -0.39 is 63.8 Å². The van der Waals surface area contributed by atoms with Gasteiger partial charge in [-0.15, -0.1) is 0 Å². The summed E-state index contributed by atoms with van der Waals surface area (Å²) >= 11 is 0. The molecule has 4 aliphatic carbocycles. The number of carbonyl (C=O) groups is 3. The van der Waals surface area contributed by atoms with Crippen molar-refractivity contribution in [1.82, 2.24) is 0 Å². The number of aliphatic hydroxyl groups is 1. The first-order valence-corrected chi connectivity index (χ1v) is 17.6. The molecular weight excluding hydrogens is 576 g/mol. The van der Waals surface area contributed by atoms with Crippen molar-refractivity contribution in [3.8, 4) is 0 Å². The molecule has 1 aromatic heterocycles. The fourth-order valence-corrected chi connectivity index (χ4v) is 13.2. The normalized spacial score (nSPS) is 51.2. The van der Waals surface area contributed by atoms with Crippen LogP contribution in [0.1, 0.15) is 109 Å². The van der Waals surface area contributed by atoms with E-state index >= 15 is 4.79 Å². The second-order valence-corrected chi connectivity index (χ2v) is 16.2. The van der Waals surface area contributed by atoms with E-state index in [0.717, 1.165) is 63.4 Å². The van der Waals surface area contributed by atoms with Gasteiger partial charge in [-0.2, -0.15) is 0 Å². The maximum absolute atomic E-state index is 15.4. The van der Waals surface area contributed by atoms with Gasteiger partial charge in [0, 0.05) is 21.8 Å². The van der Waals surface area contributed by atoms with Crippen molar-refractivity contribution in [1.29, 1.82) is 0 Å². The molecule has 9 heteroatoms.